The number of rotatable bonds is 2. The third kappa shape index (κ3) is 1.43. The van der Waals surface area contributed by atoms with Gasteiger partial charge in [-0.3, -0.25) is 0 Å². The van der Waals surface area contributed by atoms with Crippen LogP contribution in [-0.4, -0.2) is 18.8 Å². The van der Waals surface area contributed by atoms with Gasteiger partial charge in [0.05, 0.1) is 14.2 Å². The molecule has 1 heterocycles. The Morgan fingerprint density at radius 2 is 1.71 bits per heavy atom. The minimum Gasteiger partial charge on any atom is -0.496 e. The molecule has 0 N–H and O–H groups in total. The number of hydrogen-bond donors (Lipinski definition) is 0. The van der Waals surface area contributed by atoms with Gasteiger partial charge in [-0.25, -0.2) is 4.57 Å². The lowest BCUT2D eigenvalue weighted by Gasteiger charge is -2.07. The zero-order valence-corrected chi connectivity index (χ0v) is 10.4. The van der Waals surface area contributed by atoms with Gasteiger partial charge in [-0.15, -0.1) is 0 Å². The van der Waals surface area contributed by atoms with E-state index < -0.39 is 0 Å². The largest absolute Gasteiger partial charge is 0.496 e. The molecule has 0 atom stereocenters. The van der Waals surface area contributed by atoms with E-state index >= 15 is 0 Å². The van der Waals surface area contributed by atoms with Gasteiger partial charge in [0.1, 0.15) is 17.0 Å². The van der Waals surface area contributed by atoms with E-state index in [0.29, 0.717) is 5.75 Å². The Morgan fingerprint density at radius 1 is 1.12 bits per heavy atom. The Balaban J connectivity index is 3.02. The van der Waals surface area contributed by atoms with E-state index in [1.54, 1.807) is 18.8 Å². The molecule has 0 unspecified atom stereocenters. The Hall–Kier alpha value is -2.15. The second-order valence-corrected chi connectivity index (χ2v) is 3.84. The molecule has 0 radical (unpaired) electrons. The molecule has 17 heavy (non-hydrogen) atoms. The molecule has 0 fully saturated rings. The summed E-state index contributed by atoms with van der Waals surface area (Å²) in [7, 11) is 3.22. The van der Waals surface area contributed by atoms with E-state index in [0.717, 1.165) is 27.9 Å². The predicted molar refractivity (Wildman–Crippen MR) is 65.5 cm³/mol. The van der Waals surface area contributed by atoms with Crippen LogP contribution in [-0.2, 0) is 0 Å². The van der Waals surface area contributed by atoms with Gasteiger partial charge < -0.3 is 9.47 Å². The molecule has 0 aliphatic rings. The predicted octanol–water partition coefficient (Wildman–Crippen LogP) is 2.60. The third-order valence-corrected chi connectivity index (χ3v) is 3.12. The highest BCUT2D eigenvalue weighted by Gasteiger charge is 2.18. The van der Waals surface area contributed by atoms with Crippen molar-refractivity contribution in [2.45, 2.75) is 13.8 Å². The van der Waals surface area contributed by atoms with Crippen molar-refractivity contribution in [1.29, 1.82) is 5.26 Å². The van der Waals surface area contributed by atoms with Gasteiger partial charge in [-0.05, 0) is 31.5 Å². The zero-order chi connectivity index (χ0) is 12.6. The molecule has 88 valence electrons. The van der Waals surface area contributed by atoms with E-state index in [1.807, 2.05) is 26.0 Å². The van der Waals surface area contributed by atoms with Crippen LogP contribution in [0, 0.1) is 25.3 Å². The fraction of sp³-hybridized carbons (Fsp3) is 0.308. The van der Waals surface area contributed by atoms with Crippen LogP contribution in [0.1, 0.15) is 11.3 Å². The number of hydrogen-bond acceptors (Lipinski definition) is 3. The highest BCUT2D eigenvalue weighted by molar-refractivity contribution is 5.95. The second-order valence-electron chi connectivity index (χ2n) is 3.84. The first-order chi connectivity index (χ1) is 8.15. The second kappa shape index (κ2) is 4.02. The maximum atomic E-state index is 9.23. The molecule has 0 saturated carbocycles. The molecule has 0 saturated heterocycles. The molecule has 0 spiro atoms. The lowest BCUT2D eigenvalue weighted by atomic mass is 10.1. The third-order valence-electron chi connectivity index (χ3n) is 3.12. The molecule has 4 heteroatoms. The summed E-state index contributed by atoms with van der Waals surface area (Å²) >= 11 is 0. The smallest absolute Gasteiger partial charge is 0.189 e. The number of aromatic nitrogens is 1. The van der Waals surface area contributed by atoms with E-state index in [-0.39, 0.29) is 0 Å². The quantitative estimate of drug-likeness (QED) is 0.796. The Bertz CT molecular complexity index is 621. The lowest BCUT2D eigenvalue weighted by Crippen LogP contribution is -1.94. The lowest BCUT2D eigenvalue weighted by molar-refractivity contribution is 0.409. The van der Waals surface area contributed by atoms with Crippen molar-refractivity contribution in [1.82, 2.24) is 4.57 Å². The van der Waals surface area contributed by atoms with Gasteiger partial charge in [0.2, 0.25) is 0 Å². The summed E-state index contributed by atoms with van der Waals surface area (Å²) in [6.45, 7) is 3.89. The molecule has 2 rings (SSSR count). The molecular weight excluding hydrogens is 216 g/mol. The monoisotopic (exact) mass is 230 g/mol. The Morgan fingerprint density at radius 3 is 2.24 bits per heavy atom. The van der Waals surface area contributed by atoms with E-state index in [4.69, 9.17) is 9.47 Å². The fourth-order valence-corrected chi connectivity index (χ4v) is 2.11. The van der Waals surface area contributed by atoms with Crippen molar-refractivity contribution in [3.8, 4) is 17.7 Å². The van der Waals surface area contributed by atoms with Crippen LogP contribution in [0.4, 0.5) is 0 Å². The van der Waals surface area contributed by atoms with Gasteiger partial charge in [-0.2, -0.15) is 5.26 Å². The maximum Gasteiger partial charge on any atom is 0.189 e. The number of ether oxygens (including phenoxy) is 2. The summed E-state index contributed by atoms with van der Waals surface area (Å²) in [5.41, 5.74) is 2.71. The minimum absolute atomic E-state index is 0.679. The highest BCUT2D eigenvalue weighted by atomic mass is 16.5. The Kier molecular flexibility index (Phi) is 2.68. The van der Waals surface area contributed by atoms with E-state index in [9.17, 15) is 5.26 Å². The van der Waals surface area contributed by atoms with Crippen molar-refractivity contribution in [3.63, 3.8) is 0 Å². The summed E-state index contributed by atoms with van der Waals surface area (Å²) in [6, 6.07) is 3.67. The summed E-state index contributed by atoms with van der Waals surface area (Å²) in [6.07, 6.45) is 2.17. The standard InChI is InChI=1S/C13H14N2O2/c1-8-9(2)15(7-14)13-11(17-4)6-5-10(16-3)12(8)13/h5-6H,1-4H3. The van der Waals surface area contributed by atoms with E-state index in [2.05, 4.69) is 6.19 Å². The van der Waals surface area contributed by atoms with Gasteiger partial charge >= 0.3 is 0 Å². The summed E-state index contributed by atoms with van der Waals surface area (Å²) in [5.74, 6) is 1.44. The van der Waals surface area contributed by atoms with Crippen LogP contribution in [0.2, 0.25) is 0 Å². The van der Waals surface area contributed by atoms with Crippen molar-refractivity contribution >= 4 is 10.9 Å². The number of benzene rings is 1. The molecule has 0 amide bonds. The van der Waals surface area contributed by atoms with Crippen molar-refractivity contribution in [2.24, 2.45) is 0 Å². The van der Waals surface area contributed by atoms with Crippen molar-refractivity contribution in [2.75, 3.05) is 14.2 Å². The number of methoxy groups -OCH3 is 2. The summed E-state index contributed by atoms with van der Waals surface area (Å²) < 4.78 is 12.2. The van der Waals surface area contributed by atoms with Crippen LogP contribution in [0.15, 0.2) is 12.1 Å². The summed E-state index contributed by atoms with van der Waals surface area (Å²) in [5, 5.41) is 10.2. The van der Waals surface area contributed by atoms with Crippen LogP contribution in [0.3, 0.4) is 0 Å². The summed E-state index contributed by atoms with van der Waals surface area (Å²) in [4.78, 5) is 0. The molecule has 0 bridgehead atoms. The number of fused-ring (bicyclic) bond motifs is 1. The van der Waals surface area contributed by atoms with Gasteiger partial charge in [0.15, 0.2) is 6.19 Å². The van der Waals surface area contributed by atoms with Crippen LogP contribution in [0.25, 0.3) is 10.9 Å². The van der Waals surface area contributed by atoms with Gasteiger partial charge in [-0.1, -0.05) is 0 Å². The average Bonchev–Trinajstić information content (AvgIpc) is 2.61. The molecular formula is C13H14N2O2. The van der Waals surface area contributed by atoms with Crippen LogP contribution < -0.4 is 9.47 Å². The first-order valence-corrected chi connectivity index (χ1v) is 5.28. The molecule has 1 aromatic heterocycles. The highest BCUT2D eigenvalue weighted by Crippen LogP contribution is 2.38. The average molecular weight is 230 g/mol. The first-order valence-electron chi connectivity index (χ1n) is 5.28. The SMILES string of the molecule is COc1ccc(OC)c2c1c(C)c(C)n2C#N. The zero-order valence-electron chi connectivity index (χ0n) is 10.4. The molecule has 0 aliphatic carbocycles. The number of nitriles is 1. The van der Waals surface area contributed by atoms with Crippen LogP contribution >= 0.6 is 0 Å². The van der Waals surface area contributed by atoms with Gasteiger partial charge in [0.25, 0.3) is 0 Å². The molecule has 2 aromatic rings. The minimum atomic E-state index is 0.679. The molecule has 4 nitrogen and oxygen atoms in total. The molecule has 1 aromatic carbocycles. The normalized spacial score (nSPS) is 10.3. The van der Waals surface area contributed by atoms with Gasteiger partial charge in [0, 0.05) is 11.1 Å². The first kappa shape index (κ1) is 11.3. The number of nitrogens with zero attached hydrogens (tertiary/aromatic N) is 2. The molecule has 0 aliphatic heterocycles. The van der Waals surface area contributed by atoms with Crippen molar-refractivity contribution in [3.05, 3.63) is 23.4 Å². The van der Waals surface area contributed by atoms with Crippen molar-refractivity contribution < 1.29 is 9.47 Å². The Labute approximate surface area is 100.0 Å². The fourth-order valence-electron chi connectivity index (χ4n) is 2.11. The maximum absolute atomic E-state index is 9.23. The van der Waals surface area contributed by atoms with E-state index in [1.165, 1.54) is 0 Å². The number of aryl methyl sites for hydroxylation is 1. The van der Waals surface area contributed by atoms with Crippen LogP contribution in [0.5, 0.6) is 11.5 Å². The topological polar surface area (TPSA) is 47.2 Å².